The van der Waals surface area contributed by atoms with Crippen LogP contribution in [0.1, 0.15) is 26.2 Å². The minimum Gasteiger partial charge on any atom is -0.493 e. The lowest BCUT2D eigenvalue weighted by Crippen LogP contribution is -2.21. The van der Waals surface area contributed by atoms with Crippen molar-refractivity contribution in [2.24, 2.45) is 17.6 Å². The number of non-ortho nitro benzene ring substituents is 1. The van der Waals surface area contributed by atoms with Crippen LogP contribution in [0, 0.1) is 22.0 Å². The number of nitro benzene ring substituents is 1. The highest BCUT2D eigenvalue weighted by Gasteiger charge is 2.15. The van der Waals surface area contributed by atoms with E-state index in [1.165, 1.54) is 12.1 Å². The van der Waals surface area contributed by atoms with Crippen molar-refractivity contribution in [2.45, 2.75) is 26.2 Å². The number of aliphatic carboxylic acids is 1. The lowest BCUT2D eigenvalue weighted by Gasteiger charge is -2.18. The topological polar surface area (TPSA) is 116 Å². The molecule has 0 bridgehead atoms. The molecule has 0 saturated carbocycles. The number of benzene rings is 1. The molecule has 0 saturated heterocycles. The van der Waals surface area contributed by atoms with Crippen molar-refractivity contribution in [3.8, 4) is 5.75 Å². The van der Waals surface area contributed by atoms with Crippen molar-refractivity contribution in [1.29, 1.82) is 0 Å². The van der Waals surface area contributed by atoms with Gasteiger partial charge in [-0.3, -0.25) is 14.9 Å². The van der Waals surface area contributed by atoms with E-state index in [0.717, 1.165) is 12.8 Å². The zero-order chi connectivity index (χ0) is 16.5. The lowest BCUT2D eigenvalue weighted by atomic mass is 9.91. The number of carboxylic acid groups (broad SMARTS) is 1. The Hall–Kier alpha value is -2.15. The maximum Gasteiger partial charge on any atom is 0.303 e. The summed E-state index contributed by atoms with van der Waals surface area (Å²) in [4.78, 5) is 20.9. The van der Waals surface area contributed by atoms with Crippen molar-refractivity contribution >= 4 is 11.7 Å². The van der Waals surface area contributed by atoms with Crippen LogP contribution in [0.5, 0.6) is 5.75 Å². The Kier molecular flexibility index (Phi) is 7.31. The van der Waals surface area contributed by atoms with Gasteiger partial charge in [-0.25, -0.2) is 0 Å². The van der Waals surface area contributed by atoms with E-state index in [1.807, 2.05) is 6.92 Å². The van der Waals surface area contributed by atoms with Crippen LogP contribution in [0.4, 0.5) is 5.69 Å². The summed E-state index contributed by atoms with van der Waals surface area (Å²) < 4.78 is 5.51. The molecule has 0 amide bonds. The van der Waals surface area contributed by atoms with E-state index in [1.54, 1.807) is 12.1 Å². The van der Waals surface area contributed by atoms with Crippen LogP contribution >= 0.6 is 0 Å². The third kappa shape index (κ3) is 6.53. The van der Waals surface area contributed by atoms with E-state index >= 15 is 0 Å². The second-order valence-corrected chi connectivity index (χ2v) is 5.43. The molecule has 1 rings (SSSR count). The van der Waals surface area contributed by atoms with Gasteiger partial charge in [0, 0.05) is 12.5 Å². The number of carboxylic acids is 1. The fourth-order valence-electron chi connectivity index (χ4n) is 2.26. The molecule has 0 radical (unpaired) electrons. The first-order chi connectivity index (χ1) is 10.4. The number of hydrogen-bond acceptors (Lipinski definition) is 5. The van der Waals surface area contributed by atoms with Crippen LogP contribution in [-0.4, -0.2) is 29.2 Å². The molecule has 3 N–H and O–H groups in total. The average molecular weight is 310 g/mol. The third-order valence-electron chi connectivity index (χ3n) is 3.44. The van der Waals surface area contributed by atoms with Gasteiger partial charge in [0.15, 0.2) is 0 Å². The van der Waals surface area contributed by atoms with E-state index in [-0.39, 0.29) is 23.9 Å². The van der Waals surface area contributed by atoms with Gasteiger partial charge in [0.25, 0.3) is 5.69 Å². The van der Waals surface area contributed by atoms with Crippen LogP contribution in [0.2, 0.25) is 0 Å². The highest BCUT2D eigenvalue weighted by atomic mass is 16.6. The highest BCUT2D eigenvalue weighted by Crippen LogP contribution is 2.21. The molecule has 0 aromatic heterocycles. The second-order valence-electron chi connectivity index (χ2n) is 5.43. The molecular formula is C15H22N2O5. The van der Waals surface area contributed by atoms with Gasteiger partial charge in [0.05, 0.1) is 17.6 Å². The number of ether oxygens (including phenoxy) is 1. The second kappa shape index (κ2) is 8.99. The molecule has 122 valence electrons. The van der Waals surface area contributed by atoms with Crippen LogP contribution in [0.3, 0.4) is 0 Å². The number of carbonyl (C=O) groups is 1. The Balaban J connectivity index is 2.38. The predicted molar refractivity (Wildman–Crippen MR) is 81.8 cm³/mol. The van der Waals surface area contributed by atoms with Crippen molar-refractivity contribution < 1.29 is 19.6 Å². The minimum absolute atomic E-state index is 0.00444. The Bertz CT molecular complexity index is 506. The first kappa shape index (κ1) is 17.9. The van der Waals surface area contributed by atoms with Crippen molar-refractivity contribution in [1.82, 2.24) is 0 Å². The lowest BCUT2D eigenvalue weighted by molar-refractivity contribution is -0.384. The van der Waals surface area contributed by atoms with E-state index in [2.05, 4.69) is 0 Å². The fourth-order valence-corrected chi connectivity index (χ4v) is 2.26. The Morgan fingerprint density at radius 3 is 2.82 bits per heavy atom. The maximum atomic E-state index is 10.7. The van der Waals surface area contributed by atoms with Gasteiger partial charge < -0.3 is 15.6 Å². The van der Waals surface area contributed by atoms with Gasteiger partial charge in [-0.1, -0.05) is 13.0 Å². The molecule has 7 heteroatoms. The highest BCUT2D eigenvalue weighted by molar-refractivity contribution is 5.67. The van der Waals surface area contributed by atoms with E-state index < -0.39 is 10.9 Å². The summed E-state index contributed by atoms with van der Waals surface area (Å²) in [5.74, 6) is -0.144. The number of nitro groups is 1. The van der Waals surface area contributed by atoms with Crippen molar-refractivity contribution in [3.63, 3.8) is 0 Å². The zero-order valence-electron chi connectivity index (χ0n) is 12.6. The van der Waals surface area contributed by atoms with Gasteiger partial charge in [-0.15, -0.1) is 0 Å². The Labute approximate surface area is 129 Å². The maximum absolute atomic E-state index is 10.7. The summed E-state index contributed by atoms with van der Waals surface area (Å²) in [6, 6.07) is 6.05. The Morgan fingerprint density at radius 1 is 1.50 bits per heavy atom. The SMILES string of the molecule is C[C@H](CCOc1cccc([N+](=O)[O-])c1)C[C@H](CN)CC(=O)O. The number of hydrogen-bond donors (Lipinski definition) is 2. The summed E-state index contributed by atoms with van der Waals surface area (Å²) in [5.41, 5.74) is 5.57. The molecule has 7 nitrogen and oxygen atoms in total. The zero-order valence-corrected chi connectivity index (χ0v) is 12.6. The molecule has 0 fully saturated rings. The standard InChI is InChI=1S/C15H22N2O5/c1-11(7-12(10-16)8-15(18)19)5-6-22-14-4-2-3-13(9-14)17(20)21/h2-4,9,11-12H,5-8,10,16H2,1H3,(H,18,19)/t11-,12+/m1/s1. The Morgan fingerprint density at radius 2 is 2.23 bits per heavy atom. The van der Waals surface area contributed by atoms with Crippen LogP contribution in [0.15, 0.2) is 24.3 Å². The monoisotopic (exact) mass is 310 g/mol. The summed E-state index contributed by atoms with van der Waals surface area (Å²) in [7, 11) is 0. The normalized spacial score (nSPS) is 13.4. The average Bonchev–Trinajstić information content (AvgIpc) is 2.46. The van der Waals surface area contributed by atoms with Gasteiger partial charge in [0.1, 0.15) is 5.75 Å². The molecule has 0 unspecified atom stereocenters. The van der Waals surface area contributed by atoms with Gasteiger partial charge >= 0.3 is 5.97 Å². The smallest absolute Gasteiger partial charge is 0.303 e. The predicted octanol–water partition coefficient (Wildman–Crippen LogP) is 2.44. The molecule has 1 aromatic carbocycles. The molecule has 0 aliphatic rings. The molecule has 0 aliphatic carbocycles. The molecule has 1 aromatic rings. The van der Waals surface area contributed by atoms with Crippen LogP contribution < -0.4 is 10.5 Å². The van der Waals surface area contributed by atoms with Gasteiger partial charge in [-0.05, 0) is 37.3 Å². The quantitative estimate of drug-likeness (QED) is 0.506. The fraction of sp³-hybridized carbons (Fsp3) is 0.533. The summed E-state index contributed by atoms with van der Waals surface area (Å²) in [5, 5.41) is 19.5. The summed E-state index contributed by atoms with van der Waals surface area (Å²) >= 11 is 0. The molecule has 0 spiro atoms. The first-order valence-corrected chi connectivity index (χ1v) is 7.21. The number of nitrogens with zero attached hydrogens (tertiary/aromatic N) is 1. The third-order valence-corrected chi connectivity index (χ3v) is 3.44. The molecule has 22 heavy (non-hydrogen) atoms. The van der Waals surface area contributed by atoms with Gasteiger partial charge in [-0.2, -0.15) is 0 Å². The van der Waals surface area contributed by atoms with Crippen LogP contribution in [0.25, 0.3) is 0 Å². The minimum atomic E-state index is -0.838. The van der Waals surface area contributed by atoms with E-state index in [0.29, 0.717) is 18.9 Å². The number of rotatable bonds is 10. The van der Waals surface area contributed by atoms with Gasteiger partial charge in [0.2, 0.25) is 0 Å². The van der Waals surface area contributed by atoms with Crippen molar-refractivity contribution in [3.05, 3.63) is 34.4 Å². The molecule has 0 heterocycles. The molecule has 2 atom stereocenters. The largest absolute Gasteiger partial charge is 0.493 e. The van der Waals surface area contributed by atoms with E-state index in [9.17, 15) is 14.9 Å². The first-order valence-electron chi connectivity index (χ1n) is 7.21. The summed E-state index contributed by atoms with van der Waals surface area (Å²) in [6.45, 7) is 2.79. The summed E-state index contributed by atoms with van der Waals surface area (Å²) in [6.07, 6.45) is 1.53. The molecule has 0 aliphatic heterocycles. The molecular weight excluding hydrogens is 288 g/mol. The van der Waals surface area contributed by atoms with Crippen LogP contribution in [-0.2, 0) is 4.79 Å². The number of nitrogens with two attached hydrogens (primary N) is 1. The van der Waals surface area contributed by atoms with E-state index in [4.69, 9.17) is 15.6 Å². The van der Waals surface area contributed by atoms with Crippen molar-refractivity contribution in [2.75, 3.05) is 13.2 Å².